The van der Waals surface area contributed by atoms with Crippen molar-refractivity contribution in [3.05, 3.63) is 48.5 Å². The number of nitriles is 1. The van der Waals surface area contributed by atoms with Gasteiger partial charge in [0.1, 0.15) is 6.07 Å². The van der Waals surface area contributed by atoms with Crippen LogP contribution in [0.15, 0.2) is 43.0 Å². The van der Waals surface area contributed by atoms with Gasteiger partial charge < -0.3 is 5.32 Å². The molecule has 6 heteroatoms. The normalized spacial score (nSPS) is 11.5. The topological polar surface area (TPSA) is 83.6 Å². The smallest absolute Gasteiger partial charge is 0.255 e. The van der Waals surface area contributed by atoms with E-state index in [2.05, 4.69) is 15.4 Å². The summed E-state index contributed by atoms with van der Waals surface area (Å²) < 4.78 is 1.37. The maximum Gasteiger partial charge on any atom is 0.255 e. The Morgan fingerprint density at radius 1 is 1.47 bits per heavy atom. The first-order valence-corrected chi connectivity index (χ1v) is 4.91. The summed E-state index contributed by atoms with van der Waals surface area (Å²) in [6.07, 6.45) is 5.34. The molecule has 2 aromatic rings. The summed E-state index contributed by atoms with van der Waals surface area (Å²) in [4.78, 5) is 15.6. The van der Waals surface area contributed by atoms with Crippen molar-refractivity contribution in [3.63, 3.8) is 0 Å². The molecule has 2 aromatic heterocycles. The van der Waals surface area contributed by atoms with E-state index in [0.29, 0.717) is 5.56 Å². The van der Waals surface area contributed by atoms with Gasteiger partial charge >= 0.3 is 0 Å². The molecule has 0 aliphatic carbocycles. The number of hydrogen-bond donors (Lipinski definition) is 1. The van der Waals surface area contributed by atoms with E-state index in [4.69, 9.17) is 5.26 Å². The number of carbonyl (C=O) groups excluding carboxylic acids is 1. The molecule has 2 heterocycles. The van der Waals surface area contributed by atoms with Gasteiger partial charge in [0.25, 0.3) is 5.91 Å². The third kappa shape index (κ3) is 2.46. The molecule has 0 aliphatic heterocycles. The SMILES string of the molecule is N#CC(NC(=O)c1cccnc1)n1cccn1. The number of aromatic nitrogens is 3. The van der Waals surface area contributed by atoms with E-state index in [1.807, 2.05) is 6.07 Å². The standard InChI is InChI=1S/C11H9N5O/c12-7-10(16-6-2-5-14-16)15-11(17)9-3-1-4-13-8-9/h1-6,8,10H,(H,15,17). The molecule has 0 spiro atoms. The summed E-state index contributed by atoms with van der Waals surface area (Å²) in [6.45, 7) is 0. The minimum absolute atomic E-state index is 0.361. The Labute approximate surface area is 97.5 Å². The molecule has 0 saturated carbocycles. The molecule has 1 amide bonds. The van der Waals surface area contributed by atoms with E-state index in [-0.39, 0.29) is 5.91 Å². The number of nitrogens with zero attached hydrogens (tertiary/aromatic N) is 4. The first kappa shape index (κ1) is 10.8. The second kappa shape index (κ2) is 4.90. The van der Waals surface area contributed by atoms with Crippen LogP contribution in [0.4, 0.5) is 0 Å². The van der Waals surface area contributed by atoms with Crippen LogP contribution in [0.25, 0.3) is 0 Å². The second-order valence-corrected chi connectivity index (χ2v) is 3.23. The third-order valence-corrected chi connectivity index (χ3v) is 2.10. The second-order valence-electron chi connectivity index (χ2n) is 3.23. The van der Waals surface area contributed by atoms with Crippen LogP contribution in [-0.4, -0.2) is 20.7 Å². The zero-order chi connectivity index (χ0) is 12.1. The van der Waals surface area contributed by atoms with E-state index in [1.165, 1.54) is 10.9 Å². The fourth-order valence-corrected chi connectivity index (χ4v) is 1.30. The van der Waals surface area contributed by atoms with Gasteiger partial charge in [0.15, 0.2) is 0 Å². The van der Waals surface area contributed by atoms with E-state index in [9.17, 15) is 4.79 Å². The molecule has 17 heavy (non-hydrogen) atoms. The zero-order valence-corrected chi connectivity index (χ0v) is 8.82. The van der Waals surface area contributed by atoms with E-state index < -0.39 is 6.17 Å². The van der Waals surface area contributed by atoms with Crippen LogP contribution in [0.2, 0.25) is 0 Å². The van der Waals surface area contributed by atoms with Gasteiger partial charge in [-0.05, 0) is 18.2 Å². The Balaban J connectivity index is 2.11. The van der Waals surface area contributed by atoms with E-state index in [0.717, 1.165) is 0 Å². The van der Waals surface area contributed by atoms with Crippen LogP contribution in [0.5, 0.6) is 0 Å². The van der Waals surface area contributed by atoms with Crippen LogP contribution < -0.4 is 5.32 Å². The van der Waals surface area contributed by atoms with Crippen LogP contribution in [-0.2, 0) is 0 Å². The number of rotatable bonds is 3. The predicted molar refractivity (Wildman–Crippen MR) is 58.6 cm³/mol. The van der Waals surface area contributed by atoms with Crippen molar-refractivity contribution in [2.24, 2.45) is 0 Å². The monoisotopic (exact) mass is 227 g/mol. The lowest BCUT2D eigenvalue weighted by molar-refractivity contribution is 0.0930. The molecule has 1 atom stereocenters. The van der Waals surface area contributed by atoms with Crippen molar-refractivity contribution >= 4 is 5.91 Å². The van der Waals surface area contributed by atoms with Gasteiger partial charge in [-0.3, -0.25) is 9.78 Å². The predicted octanol–water partition coefficient (Wildman–Crippen LogP) is 0.730. The Morgan fingerprint density at radius 2 is 2.35 bits per heavy atom. The zero-order valence-electron chi connectivity index (χ0n) is 8.82. The summed E-state index contributed by atoms with van der Waals surface area (Å²) in [5.41, 5.74) is 0.403. The summed E-state index contributed by atoms with van der Waals surface area (Å²) >= 11 is 0. The Bertz CT molecular complexity index is 529. The van der Waals surface area contributed by atoms with Gasteiger partial charge in [-0.15, -0.1) is 0 Å². The summed E-state index contributed by atoms with van der Waals surface area (Å²) in [5, 5.41) is 15.4. The highest BCUT2D eigenvalue weighted by Crippen LogP contribution is 2.02. The lowest BCUT2D eigenvalue weighted by atomic mass is 10.2. The van der Waals surface area contributed by atoms with Crippen molar-refractivity contribution in [2.75, 3.05) is 0 Å². The fraction of sp³-hybridized carbons (Fsp3) is 0.0909. The molecule has 1 N–H and O–H groups in total. The van der Waals surface area contributed by atoms with Crippen molar-refractivity contribution < 1.29 is 4.79 Å². The number of pyridine rings is 1. The number of carbonyl (C=O) groups is 1. The Morgan fingerprint density at radius 3 is 2.94 bits per heavy atom. The summed E-state index contributed by atoms with van der Waals surface area (Å²) in [7, 11) is 0. The van der Waals surface area contributed by atoms with Gasteiger partial charge in [0.05, 0.1) is 5.56 Å². The Hall–Kier alpha value is -2.68. The molecule has 0 bridgehead atoms. The van der Waals surface area contributed by atoms with Crippen molar-refractivity contribution in [2.45, 2.75) is 6.17 Å². The molecular formula is C11H9N5O. The molecule has 2 rings (SSSR count). The van der Waals surface area contributed by atoms with E-state index in [1.54, 1.807) is 36.8 Å². The maximum atomic E-state index is 11.8. The molecule has 0 saturated heterocycles. The molecule has 0 aliphatic rings. The largest absolute Gasteiger partial charge is 0.318 e. The average Bonchev–Trinajstić information content (AvgIpc) is 2.90. The molecule has 1 unspecified atom stereocenters. The minimum Gasteiger partial charge on any atom is -0.318 e. The highest BCUT2D eigenvalue weighted by molar-refractivity contribution is 5.94. The van der Waals surface area contributed by atoms with Crippen molar-refractivity contribution in [1.29, 1.82) is 5.26 Å². The lowest BCUT2D eigenvalue weighted by Crippen LogP contribution is -2.31. The van der Waals surface area contributed by atoms with Crippen molar-refractivity contribution in [1.82, 2.24) is 20.1 Å². The molecular weight excluding hydrogens is 218 g/mol. The van der Waals surface area contributed by atoms with Gasteiger partial charge in [-0.25, -0.2) is 4.68 Å². The van der Waals surface area contributed by atoms with Gasteiger partial charge in [0, 0.05) is 24.8 Å². The quantitative estimate of drug-likeness (QED) is 0.837. The third-order valence-electron chi connectivity index (χ3n) is 2.10. The lowest BCUT2D eigenvalue weighted by Gasteiger charge is -2.11. The van der Waals surface area contributed by atoms with Gasteiger partial charge in [-0.1, -0.05) is 0 Å². The Kier molecular flexibility index (Phi) is 3.12. The average molecular weight is 227 g/mol. The summed E-state index contributed by atoms with van der Waals surface area (Å²) in [5.74, 6) is -0.361. The number of nitrogens with one attached hydrogen (secondary N) is 1. The van der Waals surface area contributed by atoms with Crippen LogP contribution in [0, 0.1) is 11.3 Å². The fourth-order valence-electron chi connectivity index (χ4n) is 1.30. The van der Waals surface area contributed by atoms with Crippen LogP contribution in [0.1, 0.15) is 16.5 Å². The van der Waals surface area contributed by atoms with Crippen molar-refractivity contribution in [3.8, 4) is 6.07 Å². The molecule has 0 radical (unpaired) electrons. The number of amides is 1. The molecule has 84 valence electrons. The molecule has 0 aromatic carbocycles. The highest BCUT2D eigenvalue weighted by Gasteiger charge is 2.14. The number of hydrogen-bond acceptors (Lipinski definition) is 4. The first-order chi connectivity index (χ1) is 8.31. The summed E-state index contributed by atoms with van der Waals surface area (Å²) in [6, 6.07) is 6.92. The maximum absolute atomic E-state index is 11.8. The minimum atomic E-state index is -0.822. The molecule has 6 nitrogen and oxygen atoms in total. The van der Waals surface area contributed by atoms with Crippen LogP contribution >= 0.6 is 0 Å². The van der Waals surface area contributed by atoms with Crippen LogP contribution in [0.3, 0.4) is 0 Å². The first-order valence-electron chi connectivity index (χ1n) is 4.91. The van der Waals surface area contributed by atoms with E-state index >= 15 is 0 Å². The van der Waals surface area contributed by atoms with Gasteiger partial charge in [0.2, 0.25) is 6.17 Å². The van der Waals surface area contributed by atoms with Gasteiger partial charge in [-0.2, -0.15) is 10.4 Å². The molecule has 0 fully saturated rings. The highest BCUT2D eigenvalue weighted by atomic mass is 16.1.